The quantitative estimate of drug-likeness (QED) is 0.277. The number of hydrogen-bond donors (Lipinski definition) is 1. The fourth-order valence-electron chi connectivity index (χ4n) is 5.36. The van der Waals surface area contributed by atoms with Gasteiger partial charge < -0.3 is 5.32 Å². The fourth-order valence-corrected chi connectivity index (χ4v) is 5.52. The molecule has 0 radical (unpaired) electrons. The van der Waals surface area contributed by atoms with Crippen LogP contribution in [0.4, 0.5) is 24.7 Å². The molecule has 6 rings (SSSR count). The van der Waals surface area contributed by atoms with E-state index in [-0.39, 0.29) is 34.3 Å². The van der Waals surface area contributed by atoms with Gasteiger partial charge in [-0.05, 0) is 50.3 Å². The Morgan fingerprint density at radius 3 is 2.70 bits per heavy atom. The SMILES string of the molecule is CCc1ncc(-c2c(C(F)F)ccc(Cl)c2F)nc1C(=O)Nc1cnn(C(C)c2cc(C)c(N3C[C@H]4C[C@H]4C3=O)nn2)c1. The number of carbonyl (C=O) groups excluding carboxylic acids is 2. The Balaban J connectivity index is 1.22. The van der Waals surface area contributed by atoms with E-state index in [0.29, 0.717) is 41.8 Å². The highest BCUT2D eigenvalue weighted by Gasteiger charge is 2.53. The Morgan fingerprint density at radius 1 is 1.23 bits per heavy atom. The normalized spacial score (nSPS) is 18.2. The lowest BCUT2D eigenvalue weighted by Crippen LogP contribution is -2.30. The summed E-state index contributed by atoms with van der Waals surface area (Å²) in [6.07, 6.45) is 2.44. The van der Waals surface area contributed by atoms with Gasteiger partial charge in [0.15, 0.2) is 17.3 Å². The highest BCUT2D eigenvalue weighted by atomic mass is 35.5. The van der Waals surface area contributed by atoms with Gasteiger partial charge in [-0.2, -0.15) is 10.2 Å². The standard InChI is InChI=1S/C29H26ClF3N8O2/c1-4-20-25(37-22(10-34-20)23-17(26(32)33)5-6-19(30)24(23)31)28(42)36-16-9-35-41(12-16)14(3)21-7-13(2)27(39-38-21)40-11-15-8-18(15)29(40)43/h5-7,9-10,12,14-15,18,26H,4,8,11H2,1-3H3,(H,36,42)/t14?,15-,18-/m1/s1. The van der Waals surface area contributed by atoms with Crippen LogP contribution in [0.25, 0.3) is 11.3 Å². The number of aryl methyl sites for hydroxylation is 2. The molecule has 14 heteroatoms. The zero-order valence-electron chi connectivity index (χ0n) is 23.4. The van der Waals surface area contributed by atoms with Crippen molar-refractivity contribution in [3.63, 3.8) is 0 Å². The molecule has 1 aliphatic heterocycles. The van der Waals surface area contributed by atoms with Gasteiger partial charge in [-0.3, -0.25) is 24.2 Å². The predicted molar refractivity (Wildman–Crippen MR) is 151 cm³/mol. The summed E-state index contributed by atoms with van der Waals surface area (Å²) >= 11 is 5.86. The number of rotatable bonds is 8. The van der Waals surface area contributed by atoms with Crippen molar-refractivity contribution in [3.05, 3.63) is 75.8 Å². The molecule has 1 aromatic carbocycles. The van der Waals surface area contributed by atoms with E-state index in [1.54, 1.807) is 22.7 Å². The minimum Gasteiger partial charge on any atom is -0.318 e. The van der Waals surface area contributed by atoms with Gasteiger partial charge in [0.2, 0.25) is 5.91 Å². The number of carbonyl (C=O) groups is 2. The van der Waals surface area contributed by atoms with Gasteiger partial charge in [0.1, 0.15) is 0 Å². The van der Waals surface area contributed by atoms with Gasteiger partial charge in [-0.1, -0.05) is 24.6 Å². The molecule has 1 aliphatic carbocycles. The topological polar surface area (TPSA) is 119 Å². The molecular weight excluding hydrogens is 585 g/mol. The van der Waals surface area contributed by atoms with E-state index in [9.17, 15) is 22.8 Å². The first kappa shape index (κ1) is 28.7. The molecule has 3 aromatic heterocycles. The molecule has 10 nitrogen and oxygen atoms in total. The van der Waals surface area contributed by atoms with Crippen LogP contribution in [0.3, 0.4) is 0 Å². The highest BCUT2D eigenvalue weighted by molar-refractivity contribution is 6.31. The third-order valence-electron chi connectivity index (χ3n) is 7.86. The number of anilines is 2. The van der Waals surface area contributed by atoms with E-state index in [1.807, 2.05) is 19.9 Å². The maximum absolute atomic E-state index is 14.9. The molecule has 3 atom stereocenters. The zero-order chi connectivity index (χ0) is 30.6. The summed E-state index contributed by atoms with van der Waals surface area (Å²) in [5, 5.41) is 15.4. The number of benzene rings is 1. The van der Waals surface area contributed by atoms with Crippen LogP contribution in [0.2, 0.25) is 5.02 Å². The molecule has 1 N–H and O–H groups in total. The third-order valence-corrected chi connectivity index (χ3v) is 8.15. The van der Waals surface area contributed by atoms with Crippen LogP contribution in [0.15, 0.2) is 36.8 Å². The summed E-state index contributed by atoms with van der Waals surface area (Å²) in [5.41, 5.74) is 0.546. The molecule has 1 saturated heterocycles. The molecule has 2 aliphatic rings. The van der Waals surface area contributed by atoms with E-state index >= 15 is 0 Å². The summed E-state index contributed by atoms with van der Waals surface area (Å²) in [6.45, 7) is 6.17. The number of halogens is 4. The Kier molecular flexibility index (Phi) is 7.36. The van der Waals surface area contributed by atoms with Crippen LogP contribution in [0.5, 0.6) is 0 Å². The summed E-state index contributed by atoms with van der Waals surface area (Å²) < 4.78 is 43.8. The van der Waals surface area contributed by atoms with Crippen molar-refractivity contribution in [2.24, 2.45) is 11.8 Å². The van der Waals surface area contributed by atoms with Gasteiger partial charge in [-0.25, -0.2) is 18.2 Å². The Hall–Kier alpha value is -4.39. The summed E-state index contributed by atoms with van der Waals surface area (Å²) in [6, 6.07) is 3.56. The number of aromatic nitrogens is 6. The van der Waals surface area contributed by atoms with Crippen LogP contribution in [-0.4, -0.2) is 48.3 Å². The lowest BCUT2D eigenvalue weighted by molar-refractivity contribution is -0.118. The molecule has 4 heterocycles. The van der Waals surface area contributed by atoms with Crippen LogP contribution in [-0.2, 0) is 11.2 Å². The van der Waals surface area contributed by atoms with Crippen molar-refractivity contribution in [1.82, 2.24) is 29.9 Å². The van der Waals surface area contributed by atoms with E-state index in [4.69, 9.17) is 11.6 Å². The molecule has 0 bridgehead atoms. The maximum Gasteiger partial charge on any atom is 0.276 e. The minimum absolute atomic E-state index is 0.101. The van der Waals surface area contributed by atoms with E-state index < -0.39 is 29.3 Å². The predicted octanol–water partition coefficient (Wildman–Crippen LogP) is 5.58. The number of piperidine rings is 1. The van der Waals surface area contributed by atoms with Crippen molar-refractivity contribution in [2.45, 2.75) is 46.1 Å². The summed E-state index contributed by atoms with van der Waals surface area (Å²) in [7, 11) is 0. The Bertz CT molecular complexity index is 1760. The second-order valence-electron chi connectivity index (χ2n) is 10.7. The zero-order valence-corrected chi connectivity index (χ0v) is 24.1. The number of hydrogen-bond acceptors (Lipinski definition) is 7. The summed E-state index contributed by atoms with van der Waals surface area (Å²) in [4.78, 5) is 35.9. The monoisotopic (exact) mass is 610 g/mol. The fraction of sp³-hybridized carbons (Fsp3) is 0.345. The molecular formula is C29H26ClF3N8O2. The maximum atomic E-state index is 14.9. The lowest BCUT2D eigenvalue weighted by atomic mass is 10.0. The number of alkyl halides is 2. The van der Waals surface area contributed by atoms with Crippen molar-refractivity contribution in [3.8, 4) is 11.3 Å². The van der Waals surface area contributed by atoms with E-state index in [2.05, 4.69) is 30.6 Å². The molecule has 1 unspecified atom stereocenters. The van der Waals surface area contributed by atoms with Crippen molar-refractivity contribution in [1.29, 1.82) is 0 Å². The van der Waals surface area contributed by atoms with Gasteiger partial charge >= 0.3 is 0 Å². The van der Waals surface area contributed by atoms with Crippen LogP contribution in [0, 0.1) is 24.6 Å². The Labute approximate surface area is 249 Å². The third kappa shape index (κ3) is 5.22. The Morgan fingerprint density at radius 2 is 2.02 bits per heavy atom. The molecule has 222 valence electrons. The van der Waals surface area contributed by atoms with Gasteiger partial charge in [0, 0.05) is 29.8 Å². The molecule has 0 spiro atoms. The molecule has 1 saturated carbocycles. The van der Waals surface area contributed by atoms with Gasteiger partial charge in [0.05, 0.1) is 46.2 Å². The average molecular weight is 611 g/mol. The van der Waals surface area contributed by atoms with Crippen LogP contribution < -0.4 is 10.2 Å². The lowest BCUT2D eigenvalue weighted by Gasteiger charge is -2.20. The van der Waals surface area contributed by atoms with Crippen molar-refractivity contribution < 1.29 is 22.8 Å². The highest BCUT2D eigenvalue weighted by Crippen LogP contribution is 2.47. The van der Waals surface area contributed by atoms with Crippen molar-refractivity contribution >= 4 is 34.9 Å². The summed E-state index contributed by atoms with van der Waals surface area (Å²) in [5.74, 6) is -0.547. The van der Waals surface area contributed by atoms with Gasteiger partial charge in [0.25, 0.3) is 12.3 Å². The largest absolute Gasteiger partial charge is 0.318 e. The van der Waals surface area contributed by atoms with E-state index in [1.165, 1.54) is 6.20 Å². The first-order valence-electron chi connectivity index (χ1n) is 13.7. The first-order valence-corrected chi connectivity index (χ1v) is 14.1. The number of nitrogens with one attached hydrogen (secondary N) is 1. The first-order chi connectivity index (χ1) is 20.6. The number of fused-ring (bicyclic) bond motifs is 1. The number of amides is 2. The van der Waals surface area contributed by atoms with Crippen LogP contribution in [0.1, 0.15) is 65.7 Å². The van der Waals surface area contributed by atoms with Gasteiger partial charge in [-0.15, -0.1) is 5.10 Å². The second kappa shape index (κ2) is 11.0. The average Bonchev–Trinajstić information content (AvgIpc) is 3.49. The van der Waals surface area contributed by atoms with Crippen molar-refractivity contribution in [2.75, 3.05) is 16.8 Å². The molecule has 2 fully saturated rings. The molecule has 43 heavy (non-hydrogen) atoms. The molecule has 4 aromatic rings. The number of nitrogens with zero attached hydrogens (tertiary/aromatic N) is 7. The molecule has 2 amide bonds. The van der Waals surface area contributed by atoms with Crippen LogP contribution >= 0.6 is 11.6 Å². The smallest absolute Gasteiger partial charge is 0.276 e. The minimum atomic E-state index is -3.00. The van der Waals surface area contributed by atoms with E-state index in [0.717, 1.165) is 30.3 Å². The second-order valence-corrected chi connectivity index (χ2v) is 11.1.